The number of nitrogens with one attached hydrogen (secondary N) is 1. The lowest BCUT2D eigenvalue weighted by Gasteiger charge is -2.05. The summed E-state index contributed by atoms with van der Waals surface area (Å²) in [6, 6.07) is 7.16. The Bertz CT molecular complexity index is 785. The maximum absolute atomic E-state index is 13.1. The molecule has 0 unspecified atom stereocenters. The molecule has 1 aromatic heterocycles. The van der Waals surface area contributed by atoms with Gasteiger partial charge in [0.25, 0.3) is 5.91 Å². The summed E-state index contributed by atoms with van der Waals surface area (Å²) in [5, 5.41) is 2.40. The fraction of sp³-hybridized carbons (Fsp3) is 0.235. The van der Waals surface area contributed by atoms with Gasteiger partial charge in [0, 0.05) is 4.88 Å². The molecule has 0 saturated carbocycles. The van der Waals surface area contributed by atoms with E-state index in [1.54, 1.807) is 19.1 Å². The Balaban J connectivity index is 2.29. The van der Waals surface area contributed by atoms with Crippen LogP contribution in [0, 0.1) is 5.82 Å². The lowest BCUT2D eigenvalue weighted by Crippen LogP contribution is -2.31. The normalized spacial score (nSPS) is 10.2. The molecule has 0 atom stereocenters. The number of hydrogen-bond donors (Lipinski definition) is 1. The Hall–Kier alpha value is -2.74. The van der Waals surface area contributed by atoms with Crippen molar-refractivity contribution in [3.8, 4) is 10.4 Å². The fourth-order valence-electron chi connectivity index (χ4n) is 2.02. The molecule has 1 heterocycles. The quantitative estimate of drug-likeness (QED) is 0.796. The number of carbonyl (C=O) groups is 3. The predicted molar refractivity (Wildman–Crippen MR) is 90.0 cm³/mol. The minimum absolute atomic E-state index is 0.0838. The molecule has 6 nitrogen and oxygen atoms in total. The van der Waals surface area contributed by atoms with Crippen LogP contribution in [0.1, 0.15) is 27.0 Å². The summed E-state index contributed by atoms with van der Waals surface area (Å²) in [6.07, 6.45) is 0. The van der Waals surface area contributed by atoms with Crippen LogP contribution in [0.5, 0.6) is 0 Å². The zero-order chi connectivity index (χ0) is 18.4. The Morgan fingerprint density at radius 2 is 1.88 bits per heavy atom. The number of esters is 2. The molecular formula is C17H16FNO5S. The third kappa shape index (κ3) is 4.63. The van der Waals surface area contributed by atoms with Crippen LogP contribution in [0.15, 0.2) is 30.3 Å². The molecule has 1 amide bonds. The predicted octanol–water partition coefficient (Wildman–Crippen LogP) is 2.63. The second-order valence-corrected chi connectivity index (χ2v) is 5.89. The van der Waals surface area contributed by atoms with Gasteiger partial charge in [0.1, 0.15) is 17.2 Å². The summed E-state index contributed by atoms with van der Waals surface area (Å²) in [5.74, 6) is -2.23. The lowest BCUT2D eigenvalue weighted by atomic mass is 10.1. The first-order chi connectivity index (χ1) is 12.0. The molecule has 2 rings (SSSR count). The third-order valence-electron chi connectivity index (χ3n) is 3.17. The molecule has 0 spiro atoms. The van der Waals surface area contributed by atoms with Gasteiger partial charge in [-0.3, -0.25) is 9.59 Å². The van der Waals surface area contributed by atoms with Crippen LogP contribution in [0.2, 0.25) is 0 Å². The van der Waals surface area contributed by atoms with Gasteiger partial charge in [-0.1, -0.05) is 12.1 Å². The van der Waals surface area contributed by atoms with Crippen molar-refractivity contribution in [2.24, 2.45) is 0 Å². The highest BCUT2D eigenvalue weighted by atomic mass is 32.1. The van der Waals surface area contributed by atoms with Crippen molar-refractivity contribution >= 4 is 29.2 Å². The number of hydrogen-bond acceptors (Lipinski definition) is 6. The van der Waals surface area contributed by atoms with Gasteiger partial charge >= 0.3 is 11.9 Å². The summed E-state index contributed by atoms with van der Waals surface area (Å²) in [5.41, 5.74) is 0.737. The van der Waals surface area contributed by atoms with Gasteiger partial charge in [0.05, 0.1) is 19.3 Å². The van der Waals surface area contributed by atoms with E-state index in [1.165, 1.54) is 25.3 Å². The summed E-state index contributed by atoms with van der Waals surface area (Å²) in [4.78, 5) is 36.3. The number of methoxy groups -OCH3 is 1. The van der Waals surface area contributed by atoms with Crippen molar-refractivity contribution in [2.75, 3.05) is 20.3 Å². The Morgan fingerprint density at radius 3 is 2.48 bits per heavy atom. The monoisotopic (exact) mass is 365 g/mol. The highest BCUT2D eigenvalue weighted by molar-refractivity contribution is 7.17. The van der Waals surface area contributed by atoms with Gasteiger partial charge in [-0.25, -0.2) is 9.18 Å². The summed E-state index contributed by atoms with van der Waals surface area (Å²) < 4.78 is 22.5. The standard InChI is InChI=1S/C17H16FNO5S/c1-3-24-14(20)9-19-16(21)12-8-13(25-15(12)17(22)23-2)10-4-6-11(18)7-5-10/h4-8H,3,9H2,1-2H3,(H,19,21). The van der Waals surface area contributed by atoms with E-state index in [4.69, 9.17) is 9.47 Å². The minimum atomic E-state index is -0.667. The molecule has 0 radical (unpaired) electrons. The molecule has 1 N–H and O–H groups in total. The Labute approximate surface area is 147 Å². The average molecular weight is 365 g/mol. The van der Waals surface area contributed by atoms with Crippen LogP contribution in [0.3, 0.4) is 0 Å². The SMILES string of the molecule is CCOC(=O)CNC(=O)c1cc(-c2ccc(F)cc2)sc1C(=O)OC. The number of rotatable bonds is 6. The summed E-state index contributed by atoms with van der Waals surface area (Å²) >= 11 is 1.05. The van der Waals surface area contributed by atoms with E-state index >= 15 is 0 Å². The molecular weight excluding hydrogens is 349 g/mol. The van der Waals surface area contributed by atoms with Crippen LogP contribution in [-0.4, -0.2) is 38.1 Å². The molecule has 0 aliphatic rings. The van der Waals surface area contributed by atoms with E-state index in [0.29, 0.717) is 10.4 Å². The summed E-state index contributed by atoms with van der Waals surface area (Å²) in [7, 11) is 1.21. The van der Waals surface area contributed by atoms with Crippen molar-refractivity contribution in [1.82, 2.24) is 5.32 Å². The van der Waals surface area contributed by atoms with Crippen molar-refractivity contribution in [2.45, 2.75) is 6.92 Å². The van der Waals surface area contributed by atoms with Crippen LogP contribution in [-0.2, 0) is 14.3 Å². The van der Waals surface area contributed by atoms with Gasteiger partial charge in [-0.05, 0) is 30.7 Å². The first-order valence-electron chi connectivity index (χ1n) is 7.38. The molecule has 0 fully saturated rings. The molecule has 0 saturated heterocycles. The maximum Gasteiger partial charge on any atom is 0.348 e. The highest BCUT2D eigenvalue weighted by Gasteiger charge is 2.23. The third-order valence-corrected chi connectivity index (χ3v) is 4.34. The largest absolute Gasteiger partial charge is 0.465 e. The van der Waals surface area contributed by atoms with Crippen molar-refractivity contribution in [3.63, 3.8) is 0 Å². The van der Waals surface area contributed by atoms with E-state index in [-0.39, 0.29) is 29.4 Å². The van der Waals surface area contributed by atoms with E-state index < -0.39 is 17.8 Å². The topological polar surface area (TPSA) is 81.7 Å². The number of thiophene rings is 1. The fourth-order valence-corrected chi connectivity index (χ4v) is 3.10. The second-order valence-electron chi connectivity index (χ2n) is 4.84. The molecule has 2 aromatic rings. The zero-order valence-electron chi connectivity index (χ0n) is 13.6. The van der Waals surface area contributed by atoms with Crippen LogP contribution >= 0.6 is 11.3 Å². The van der Waals surface area contributed by atoms with Gasteiger partial charge in [-0.2, -0.15) is 0 Å². The first kappa shape index (κ1) is 18.6. The molecule has 0 bridgehead atoms. The van der Waals surface area contributed by atoms with Gasteiger partial charge in [0.2, 0.25) is 0 Å². The molecule has 132 valence electrons. The molecule has 8 heteroatoms. The van der Waals surface area contributed by atoms with Crippen LogP contribution < -0.4 is 5.32 Å². The highest BCUT2D eigenvalue weighted by Crippen LogP contribution is 2.32. The van der Waals surface area contributed by atoms with E-state index in [0.717, 1.165) is 11.3 Å². The van der Waals surface area contributed by atoms with E-state index in [2.05, 4.69) is 5.32 Å². The van der Waals surface area contributed by atoms with Crippen LogP contribution in [0.25, 0.3) is 10.4 Å². The van der Waals surface area contributed by atoms with Crippen molar-refractivity contribution < 1.29 is 28.2 Å². The molecule has 1 aromatic carbocycles. The number of halogens is 1. The molecule has 25 heavy (non-hydrogen) atoms. The number of benzene rings is 1. The van der Waals surface area contributed by atoms with Gasteiger partial charge in [0.15, 0.2) is 0 Å². The maximum atomic E-state index is 13.1. The van der Waals surface area contributed by atoms with Crippen molar-refractivity contribution in [3.05, 3.63) is 46.6 Å². The number of ether oxygens (including phenoxy) is 2. The van der Waals surface area contributed by atoms with Crippen molar-refractivity contribution in [1.29, 1.82) is 0 Å². The zero-order valence-corrected chi connectivity index (χ0v) is 14.4. The smallest absolute Gasteiger partial charge is 0.348 e. The molecule has 0 aliphatic carbocycles. The van der Waals surface area contributed by atoms with E-state index in [1.807, 2.05) is 0 Å². The van der Waals surface area contributed by atoms with Gasteiger partial charge < -0.3 is 14.8 Å². The van der Waals surface area contributed by atoms with E-state index in [9.17, 15) is 18.8 Å². The minimum Gasteiger partial charge on any atom is -0.465 e. The Kier molecular flexibility index (Phi) is 6.24. The number of carbonyl (C=O) groups excluding carboxylic acids is 3. The average Bonchev–Trinajstić information content (AvgIpc) is 3.05. The number of amides is 1. The first-order valence-corrected chi connectivity index (χ1v) is 8.19. The Morgan fingerprint density at radius 1 is 1.20 bits per heavy atom. The lowest BCUT2D eigenvalue weighted by molar-refractivity contribution is -0.141. The summed E-state index contributed by atoms with van der Waals surface area (Å²) in [6.45, 7) is 1.55. The van der Waals surface area contributed by atoms with Crippen LogP contribution in [0.4, 0.5) is 4.39 Å². The second kappa shape index (κ2) is 8.39. The van der Waals surface area contributed by atoms with Gasteiger partial charge in [-0.15, -0.1) is 11.3 Å². The molecule has 0 aliphatic heterocycles.